The first-order chi connectivity index (χ1) is 9.24. The topological polar surface area (TPSA) is 53.5 Å². The molecule has 0 aliphatic rings. The first kappa shape index (κ1) is 13.6. The van der Waals surface area contributed by atoms with Gasteiger partial charge in [-0.3, -0.25) is 4.79 Å². The summed E-state index contributed by atoms with van der Waals surface area (Å²) in [6.45, 7) is 0.141. The molecule has 0 unspecified atom stereocenters. The Morgan fingerprint density at radius 1 is 1.37 bits per heavy atom. The zero-order valence-corrected chi connectivity index (χ0v) is 11.5. The number of halogens is 1. The van der Waals surface area contributed by atoms with Crippen LogP contribution in [0.2, 0.25) is 5.02 Å². The standard InChI is InChI=1S/C13H12ClN3OS/c14-10-3-1-4-11(7-10)15-9-13(18)17-16-8-12-5-2-6-19-12/h1-8,15H,9H2,(H,17,18)/b16-8-. The number of hydrogen-bond donors (Lipinski definition) is 2. The Morgan fingerprint density at radius 3 is 3.00 bits per heavy atom. The van der Waals surface area contributed by atoms with Gasteiger partial charge in [-0.25, -0.2) is 5.43 Å². The van der Waals surface area contributed by atoms with Crippen LogP contribution in [0.5, 0.6) is 0 Å². The van der Waals surface area contributed by atoms with Crippen LogP contribution < -0.4 is 10.7 Å². The lowest BCUT2D eigenvalue weighted by Gasteiger charge is -2.05. The second-order valence-electron chi connectivity index (χ2n) is 3.67. The maximum atomic E-state index is 11.5. The van der Waals surface area contributed by atoms with Crippen LogP contribution in [0.15, 0.2) is 46.9 Å². The van der Waals surface area contributed by atoms with E-state index in [9.17, 15) is 4.79 Å². The van der Waals surface area contributed by atoms with Crippen molar-refractivity contribution in [3.8, 4) is 0 Å². The molecule has 1 aromatic carbocycles. The molecular formula is C13H12ClN3OS. The normalized spacial score (nSPS) is 10.6. The van der Waals surface area contributed by atoms with Crippen molar-refractivity contribution >= 4 is 40.7 Å². The first-order valence-electron chi connectivity index (χ1n) is 5.59. The van der Waals surface area contributed by atoms with Gasteiger partial charge in [0, 0.05) is 15.6 Å². The van der Waals surface area contributed by atoms with E-state index < -0.39 is 0 Å². The Balaban J connectivity index is 1.76. The second-order valence-corrected chi connectivity index (χ2v) is 5.09. The lowest BCUT2D eigenvalue weighted by molar-refractivity contribution is -0.119. The number of hydrogen-bond acceptors (Lipinski definition) is 4. The van der Waals surface area contributed by atoms with Crippen LogP contribution in [0.25, 0.3) is 0 Å². The van der Waals surface area contributed by atoms with Crippen LogP contribution in [0.3, 0.4) is 0 Å². The summed E-state index contributed by atoms with van der Waals surface area (Å²) in [5.74, 6) is -0.215. The minimum Gasteiger partial charge on any atom is -0.376 e. The number of thiophene rings is 1. The van der Waals surface area contributed by atoms with E-state index in [0.29, 0.717) is 5.02 Å². The summed E-state index contributed by atoms with van der Waals surface area (Å²) in [6.07, 6.45) is 1.61. The molecular weight excluding hydrogens is 282 g/mol. The molecule has 98 valence electrons. The molecule has 1 heterocycles. The molecule has 0 saturated heterocycles. The van der Waals surface area contributed by atoms with E-state index in [4.69, 9.17) is 11.6 Å². The molecule has 0 fully saturated rings. The van der Waals surface area contributed by atoms with Gasteiger partial charge in [0.15, 0.2) is 0 Å². The highest BCUT2D eigenvalue weighted by Gasteiger charge is 1.99. The number of nitrogens with one attached hydrogen (secondary N) is 2. The van der Waals surface area contributed by atoms with Crippen LogP contribution in [0.1, 0.15) is 4.88 Å². The average molecular weight is 294 g/mol. The molecule has 4 nitrogen and oxygen atoms in total. The smallest absolute Gasteiger partial charge is 0.259 e. The predicted molar refractivity (Wildman–Crippen MR) is 80.0 cm³/mol. The molecule has 0 radical (unpaired) electrons. The summed E-state index contributed by atoms with van der Waals surface area (Å²) in [6, 6.07) is 11.0. The molecule has 0 aliphatic carbocycles. The zero-order chi connectivity index (χ0) is 13.5. The van der Waals surface area contributed by atoms with Crippen LogP contribution >= 0.6 is 22.9 Å². The number of anilines is 1. The number of hydrazone groups is 1. The number of benzene rings is 1. The highest BCUT2D eigenvalue weighted by atomic mass is 35.5. The van der Waals surface area contributed by atoms with Crippen LogP contribution in [0.4, 0.5) is 5.69 Å². The van der Waals surface area contributed by atoms with Gasteiger partial charge in [0.25, 0.3) is 5.91 Å². The van der Waals surface area contributed by atoms with E-state index in [1.54, 1.807) is 29.7 Å². The van der Waals surface area contributed by atoms with Crippen molar-refractivity contribution in [1.29, 1.82) is 0 Å². The largest absolute Gasteiger partial charge is 0.376 e. The number of nitrogens with zero attached hydrogens (tertiary/aromatic N) is 1. The third-order valence-electron chi connectivity index (χ3n) is 2.20. The number of carbonyl (C=O) groups excluding carboxylic acids is 1. The number of carbonyl (C=O) groups is 1. The summed E-state index contributed by atoms with van der Waals surface area (Å²) in [4.78, 5) is 12.5. The van der Waals surface area contributed by atoms with Crippen molar-refractivity contribution < 1.29 is 4.79 Å². The maximum absolute atomic E-state index is 11.5. The van der Waals surface area contributed by atoms with Crippen molar-refractivity contribution in [1.82, 2.24) is 5.43 Å². The van der Waals surface area contributed by atoms with Crippen LogP contribution in [-0.4, -0.2) is 18.7 Å². The van der Waals surface area contributed by atoms with E-state index in [-0.39, 0.29) is 12.5 Å². The van der Waals surface area contributed by atoms with Crippen molar-refractivity contribution in [2.45, 2.75) is 0 Å². The SMILES string of the molecule is O=C(CNc1cccc(Cl)c1)N/N=C\c1cccs1. The van der Waals surface area contributed by atoms with Gasteiger partial charge in [-0.1, -0.05) is 23.7 Å². The number of amides is 1. The van der Waals surface area contributed by atoms with Gasteiger partial charge in [0.2, 0.25) is 0 Å². The van der Waals surface area contributed by atoms with E-state index in [1.807, 2.05) is 29.6 Å². The predicted octanol–water partition coefficient (Wildman–Crippen LogP) is 2.96. The van der Waals surface area contributed by atoms with E-state index in [1.165, 1.54) is 0 Å². The Labute approximate surface area is 120 Å². The lowest BCUT2D eigenvalue weighted by Crippen LogP contribution is -2.25. The highest BCUT2D eigenvalue weighted by molar-refractivity contribution is 7.11. The fraction of sp³-hybridized carbons (Fsp3) is 0.0769. The highest BCUT2D eigenvalue weighted by Crippen LogP contribution is 2.14. The first-order valence-corrected chi connectivity index (χ1v) is 6.84. The van der Waals surface area contributed by atoms with Gasteiger partial charge < -0.3 is 5.32 Å². The molecule has 0 saturated carbocycles. The second kappa shape index (κ2) is 6.92. The summed E-state index contributed by atoms with van der Waals surface area (Å²) in [7, 11) is 0. The van der Waals surface area contributed by atoms with Crippen LogP contribution in [-0.2, 0) is 4.79 Å². The van der Waals surface area contributed by atoms with Gasteiger partial charge in [0.1, 0.15) is 0 Å². The van der Waals surface area contributed by atoms with Crippen molar-refractivity contribution in [2.75, 3.05) is 11.9 Å². The molecule has 2 aromatic rings. The zero-order valence-electron chi connectivity index (χ0n) is 9.97. The third kappa shape index (κ3) is 4.73. The van der Waals surface area contributed by atoms with Gasteiger partial charge in [-0.15, -0.1) is 11.3 Å². The fourth-order valence-corrected chi connectivity index (χ4v) is 2.13. The molecule has 1 aromatic heterocycles. The van der Waals surface area contributed by atoms with Gasteiger partial charge in [-0.2, -0.15) is 5.10 Å². The molecule has 19 heavy (non-hydrogen) atoms. The average Bonchev–Trinajstić information content (AvgIpc) is 2.90. The fourth-order valence-electron chi connectivity index (χ4n) is 1.35. The lowest BCUT2D eigenvalue weighted by atomic mass is 10.3. The maximum Gasteiger partial charge on any atom is 0.259 e. The molecule has 2 rings (SSSR count). The summed E-state index contributed by atoms with van der Waals surface area (Å²) in [5.41, 5.74) is 3.24. The van der Waals surface area contributed by atoms with Gasteiger partial charge >= 0.3 is 0 Å². The minimum atomic E-state index is -0.215. The van der Waals surface area contributed by atoms with Crippen molar-refractivity contribution in [3.63, 3.8) is 0 Å². The third-order valence-corrected chi connectivity index (χ3v) is 3.24. The van der Waals surface area contributed by atoms with Gasteiger partial charge in [0.05, 0.1) is 12.8 Å². The molecule has 0 atom stereocenters. The van der Waals surface area contributed by atoms with Gasteiger partial charge in [-0.05, 0) is 29.6 Å². The van der Waals surface area contributed by atoms with E-state index in [0.717, 1.165) is 10.6 Å². The summed E-state index contributed by atoms with van der Waals surface area (Å²) >= 11 is 7.39. The Hall–Kier alpha value is -1.85. The quantitative estimate of drug-likeness (QED) is 0.658. The Bertz CT molecular complexity index is 569. The van der Waals surface area contributed by atoms with Crippen molar-refractivity contribution in [3.05, 3.63) is 51.7 Å². The summed E-state index contributed by atoms with van der Waals surface area (Å²) in [5, 5.41) is 9.40. The minimum absolute atomic E-state index is 0.141. The number of rotatable bonds is 5. The molecule has 2 N–H and O–H groups in total. The molecule has 0 aliphatic heterocycles. The van der Waals surface area contributed by atoms with Crippen LogP contribution in [0, 0.1) is 0 Å². The molecule has 1 amide bonds. The molecule has 0 spiro atoms. The Morgan fingerprint density at radius 2 is 2.26 bits per heavy atom. The molecule has 6 heteroatoms. The molecule has 0 bridgehead atoms. The monoisotopic (exact) mass is 293 g/mol. The Kier molecular flexibility index (Phi) is 4.94. The van der Waals surface area contributed by atoms with E-state index >= 15 is 0 Å². The van der Waals surface area contributed by atoms with E-state index in [2.05, 4.69) is 15.8 Å². The summed E-state index contributed by atoms with van der Waals surface area (Å²) < 4.78 is 0. The van der Waals surface area contributed by atoms with Crippen molar-refractivity contribution in [2.24, 2.45) is 5.10 Å².